The summed E-state index contributed by atoms with van der Waals surface area (Å²) in [6, 6.07) is 0.672. The topological polar surface area (TPSA) is 6.48 Å². The molecule has 1 saturated heterocycles. The van der Waals surface area contributed by atoms with Crippen LogP contribution in [-0.4, -0.2) is 41.0 Å². The van der Waals surface area contributed by atoms with Crippen LogP contribution in [0.5, 0.6) is 0 Å². The second-order valence-corrected chi connectivity index (χ2v) is 7.20. The summed E-state index contributed by atoms with van der Waals surface area (Å²) in [7, 11) is 0. The van der Waals surface area contributed by atoms with E-state index in [2.05, 4.69) is 43.7 Å². The fourth-order valence-electron chi connectivity index (χ4n) is 3.15. The summed E-state index contributed by atoms with van der Waals surface area (Å²) in [5.74, 6) is 0.956. The molecule has 0 N–H and O–H groups in total. The van der Waals surface area contributed by atoms with E-state index in [1.165, 1.54) is 32.2 Å². The zero-order chi connectivity index (χ0) is 14.0. The predicted molar refractivity (Wildman–Crippen MR) is 83.1 cm³/mol. The van der Waals surface area contributed by atoms with Crippen molar-refractivity contribution in [3.8, 4) is 0 Å². The van der Waals surface area contributed by atoms with Crippen LogP contribution in [0.15, 0.2) is 24.9 Å². The van der Waals surface area contributed by atoms with Gasteiger partial charge >= 0.3 is 0 Å². The summed E-state index contributed by atoms with van der Waals surface area (Å²) in [6.07, 6.45) is 7.36. The summed E-state index contributed by atoms with van der Waals surface area (Å²) >= 11 is 0. The number of allylic oxidation sites excluding steroid dienone is 1. The van der Waals surface area contributed by atoms with Crippen molar-refractivity contribution in [3.63, 3.8) is 0 Å². The van der Waals surface area contributed by atoms with Crippen molar-refractivity contribution in [2.24, 2.45) is 5.92 Å². The van der Waals surface area contributed by atoms with Crippen molar-refractivity contribution < 1.29 is 0 Å². The van der Waals surface area contributed by atoms with Crippen LogP contribution in [0.25, 0.3) is 0 Å². The lowest BCUT2D eigenvalue weighted by molar-refractivity contribution is 0.0382. The first-order valence-corrected chi connectivity index (χ1v) is 7.75. The second kappa shape index (κ2) is 5.70. The minimum atomic E-state index is 0.270. The summed E-state index contributed by atoms with van der Waals surface area (Å²) < 4.78 is 0. The van der Waals surface area contributed by atoms with E-state index in [-0.39, 0.29) is 5.54 Å². The van der Waals surface area contributed by atoms with E-state index >= 15 is 0 Å². The lowest BCUT2D eigenvalue weighted by Crippen LogP contribution is -2.55. The van der Waals surface area contributed by atoms with E-state index in [1.807, 2.05) is 6.08 Å². The van der Waals surface area contributed by atoms with Crippen LogP contribution < -0.4 is 0 Å². The number of hydrogen-bond acceptors (Lipinski definition) is 2. The zero-order valence-corrected chi connectivity index (χ0v) is 13.0. The maximum atomic E-state index is 4.12. The standard InChI is InChI=1S/C17H30N2/c1-6-14(2)18-11-7-8-16(13-18)19(17(3,4)5)12-15-9-10-15/h6,15-16H,1-2,7-13H2,3-5H3. The van der Waals surface area contributed by atoms with Crippen LogP contribution in [0.4, 0.5) is 0 Å². The van der Waals surface area contributed by atoms with Gasteiger partial charge in [0, 0.05) is 36.9 Å². The Hall–Kier alpha value is -0.760. The van der Waals surface area contributed by atoms with Crippen LogP contribution in [0.2, 0.25) is 0 Å². The molecule has 19 heavy (non-hydrogen) atoms. The molecule has 0 aromatic rings. The molecule has 1 atom stereocenters. The fourth-order valence-corrected chi connectivity index (χ4v) is 3.15. The van der Waals surface area contributed by atoms with Crippen LogP contribution >= 0.6 is 0 Å². The third kappa shape index (κ3) is 3.85. The Labute approximate surface area is 119 Å². The first-order chi connectivity index (χ1) is 8.91. The summed E-state index contributed by atoms with van der Waals surface area (Å²) in [5, 5.41) is 0. The highest BCUT2D eigenvalue weighted by Gasteiger charge is 2.36. The van der Waals surface area contributed by atoms with Gasteiger partial charge in [0.1, 0.15) is 0 Å². The molecule has 0 spiro atoms. The third-order valence-electron chi connectivity index (χ3n) is 4.49. The van der Waals surface area contributed by atoms with E-state index < -0.39 is 0 Å². The largest absolute Gasteiger partial charge is 0.370 e. The summed E-state index contributed by atoms with van der Waals surface area (Å²) in [6.45, 7) is 18.6. The van der Waals surface area contributed by atoms with Gasteiger partial charge in [0.05, 0.1) is 0 Å². The molecule has 2 aliphatic rings. The molecule has 1 aliphatic carbocycles. The van der Waals surface area contributed by atoms with Crippen molar-refractivity contribution in [1.82, 2.24) is 9.80 Å². The minimum Gasteiger partial charge on any atom is -0.370 e. The summed E-state index contributed by atoms with van der Waals surface area (Å²) in [5.41, 5.74) is 1.36. The molecule has 1 unspecified atom stereocenters. The normalized spacial score (nSPS) is 24.6. The van der Waals surface area contributed by atoms with Gasteiger partial charge in [-0.1, -0.05) is 13.2 Å². The molecule has 0 aromatic heterocycles. The highest BCUT2D eigenvalue weighted by atomic mass is 15.3. The lowest BCUT2D eigenvalue weighted by Gasteiger charge is -2.46. The number of rotatable bonds is 5. The maximum absolute atomic E-state index is 4.12. The molecule has 0 bridgehead atoms. The Bertz CT molecular complexity index is 336. The average molecular weight is 262 g/mol. The van der Waals surface area contributed by atoms with Crippen LogP contribution in [0.1, 0.15) is 46.5 Å². The van der Waals surface area contributed by atoms with Gasteiger partial charge in [-0.25, -0.2) is 0 Å². The molecule has 2 fully saturated rings. The molecule has 2 nitrogen and oxygen atoms in total. The number of likely N-dealkylation sites (tertiary alicyclic amines) is 1. The van der Waals surface area contributed by atoms with Crippen molar-refractivity contribution in [1.29, 1.82) is 0 Å². The van der Waals surface area contributed by atoms with E-state index in [9.17, 15) is 0 Å². The van der Waals surface area contributed by atoms with E-state index in [0.717, 1.165) is 24.7 Å². The number of piperidine rings is 1. The van der Waals surface area contributed by atoms with Crippen LogP contribution in [-0.2, 0) is 0 Å². The van der Waals surface area contributed by atoms with E-state index in [1.54, 1.807) is 0 Å². The quantitative estimate of drug-likeness (QED) is 0.698. The van der Waals surface area contributed by atoms with Crippen LogP contribution in [0.3, 0.4) is 0 Å². The average Bonchev–Trinajstić information content (AvgIpc) is 3.17. The van der Waals surface area contributed by atoms with E-state index in [0.29, 0.717) is 6.04 Å². The van der Waals surface area contributed by atoms with E-state index in [4.69, 9.17) is 0 Å². The van der Waals surface area contributed by atoms with Crippen molar-refractivity contribution in [2.75, 3.05) is 19.6 Å². The predicted octanol–water partition coefficient (Wildman–Crippen LogP) is 3.66. The van der Waals surface area contributed by atoms with Crippen LogP contribution in [0, 0.1) is 5.92 Å². The van der Waals surface area contributed by atoms with Crippen molar-refractivity contribution >= 4 is 0 Å². The molecule has 1 heterocycles. The molecule has 1 aliphatic heterocycles. The number of nitrogens with zero attached hydrogens (tertiary/aromatic N) is 2. The fraction of sp³-hybridized carbons (Fsp3) is 0.765. The Morgan fingerprint density at radius 2 is 2.00 bits per heavy atom. The first kappa shape index (κ1) is 14.6. The molecule has 1 saturated carbocycles. The van der Waals surface area contributed by atoms with Gasteiger partial charge in [0.2, 0.25) is 0 Å². The molecule has 0 radical (unpaired) electrons. The zero-order valence-electron chi connectivity index (χ0n) is 13.0. The minimum absolute atomic E-state index is 0.270. The van der Waals surface area contributed by atoms with Gasteiger partial charge in [-0.3, -0.25) is 4.90 Å². The Balaban J connectivity index is 2.03. The monoisotopic (exact) mass is 262 g/mol. The molecular weight excluding hydrogens is 232 g/mol. The smallest absolute Gasteiger partial charge is 0.0334 e. The summed E-state index contributed by atoms with van der Waals surface area (Å²) in [4.78, 5) is 5.15. The maximum Gasteiger partial charge on any atom is 0.0334 e. The van der Waals surface area contributed by atoms with Gasteiger partial charge in [0.15, 0.2) is 0 Å². The Morgan fingerprint density at radius 3 is 2.53 bits per heavy atom. The highest BCUT2D eigenvalue weighted by molar-refractivity contribution is 5.11. The number of hydrogen-bond donors (Lipinski definition) is 0. The van der Waals surface area contributed by atoms with Crippen molar-refractivity contribution in [2.45, 2.75) is 58.0 Å². The van der Waals surface area contributed by atoms with Crippen molar-refractivity contribution in [3.05, 3.63) is 24.9 Å². The van der Waals surface area contributed by atoms with Gasteiger partial charge in [-0.2, -0.15) is 0 Å². The lowest BCUT2D eigenvalue weighted by atomic mass is 9.96. The SMILES string of the molecule is C=CC(=C)N1CCCC(N(CC2CC2)C(C)(C)C)C1. The molecule has 0 aromatic carbocycles. The molecule has 0 amide bonds. The highest BCUT2D eigenvalue weighted by Crippen LogP contribution is 2.34. The first-order valence-electron chi connectivity index (χ1n) is 7.75. The second-order valence-electron chi connectivity index (χ2n) is 7.20. The van der Waals surface area contributed by atoms with Gasteiger partial charge < -0.3 is 4.90 Å². The molecular formula is C17H30N2. The van der Waals surface area contributed by atoms with Gasteiger partial charge in [-0.15, -0.1) is 0 Å². The van der Waals surface area contributed by atoms with Gasteiger partial charge in [-0.05, 0) is 58.4 Å². The Kier molecular flexibility index (Phi) is 4.39. The molecule has 108 valence electrons. The third-order valence-corrected chi connectivity index (χ3v) is 4.49. The Morgan fingerprint density at radius 1 is 1.32 bits per heavy atom. The van der Waals surface area contributed by atoms with Gasteiger partial charge in [0.25, 0.3) is 0 Å². The molecule has 2 heteroatoms. The molecule has 2 rings (SSSR count).